The molecule has 0 aromatic carbocycles. The molecule has 2 heterocycles. The summed E-state index contributed by atoms with van der Waals surface area (Å²) in [4.78, 5) is 13.7. The van der Waals surface area contributed by atoms with Crippen molar-refractivity contribution >= 4 is 17.5 Å². The van der Waals surface area contributed by atoms with Crippen molar-refractivity contribution in [1.82, 2.24) is 4.90 Å². The minimum absolute atomic E-state index is 0.119. The van der Waals surface area contributed by atoms with Crippen molar-refractivity contribution in [1.29, 1.82) is 0 Å². The molecule has 1 aliphatic carbocycles. The number of halogens is 1. The lowest BCUT2D eigenvalue weighted by atomic mass is 10.2. The lowest BCUT2D eigenvalue weighted by Crippen LogP contribution is -2.25. The van der Waals surface area contributed by atoms with E-state index in [4.69, 9.17) is 20.4 Å². The normalized spacial score (nSPS) is 20.9. The lowest BCUT2D eigenvalue weighted by Gasteiger charge is -2.14. The molecule has 4 nitrogen and oxygen atoms in total. The molecule has 106 valence electrons. The maximum Gasteiger partial charge on any atom is 0.258 e. The molecule has 3 rings (SSSR count). The summed E-state index contributed by atoms with van der Waals surface area (Å²) in [6.45, 7) is 2.63. The van der Waals surface area contributed by atoms with Crippen LogP contribution < -0.4 is 0 Å². The van der Waals surface area contributed by atoms with E-state index < -0.39 is 0 Å². The van der Waals surface area contributed by atoms with Gasteiger partial charge in [-0.3, -0.25) is 4.79 Å². The van der Waals surface area contributed by atoms with Crippen molar-refractivity contribution in [3.8, 4) is 0 Å². The molecule has 2 aromatic rings. The Morgan fingerprint density at radius 2 is 2.20 bits per heavy atom. The first-order valence-corrected chi connectivity index (χ1v) is 7.01. The predicted molar refractivity (Wildman–Crippen MR) is 74.7 cm³/mol. The zero-order chi connectivity index (χ0) is 14.3. The molecule has 2 unspecified atom stereocenters. The number of rotatable bonds is 4. The van der Waals surface area contributed by atoms with Gasteiger partial charge in [-0.25, -0.2) is 0 Å². The number of furan rings is 2. The minimum Gasteiger partial charge on any atom is -0.464 e. The number of hydrogen-bond donors (Lipinski definition) is 0. The highest BCUT2D eigenvalue weighted by molar-refractivity contribution is 6.32. The Hall–Kier alpha value is -1.68. The zero-order valence-electron chi connectivity index (χ0n) is 11.4. The van der Waals surface area contributed by atoms with E-state index in [0.29, 0.717) is 23.9 Å². The van der Waals surface area contributed by atoms with Gasteiger partial charge in [-0.05, 0) is 42.1 Å². The van der Waals surface area contributed by atoms with E-state index in [-0.39, 0.29) is 11.1 Å². The van der Waals surface area contributed by atoms with Crippen molar-refractivity contribution < 1.29 is 13.6 Å². The van der Waals surface area contributed by atoms with E-state index >= 15 is 0 Å². The maximum absolute atomic E-state index is 12.2. The van der Waals surface area contributed by atoms with Crippen molar-refractivity contribution in [2.75, 3.05) is 7.05 Å². The summed E-state index contributed by atoms with van der Waals surface area (Å²) in [5, 5.41) is 0.119. The molecule has 5 heteroatoms. The van der Waals surface area contributed by atoms with E-state index in [1.165, 1.54) is 12.7 Å². The summed E-state index contributed by atoms with van der Waals surface area (Å²) < 4.78 is 10.7. The molecule has 0 bridgehead atoms. The molecule has 0 spiro atoms. The molecule has 1 amide bonds. The first-order chi connectivity index (χ1) is 9.56. The lowest BCUT2D eigenvalue weighted by molar-refractivity contribution is 0.0774. The predicted octanol–water partition coefficient (Wildman–Crippen LogP) is 3.92. The van der Waals surface area contributed by atoms with Crippen LogP contribution in [0.15, 0.2) is 33.3 Å². The van der Waals surface area contributed by atoms with Crippen molar-refractivity contribution in [2.45, 2.75) is 25.8 Å². The molecule has 1 saturated carbocycles. The molecular weight excluding hydrogens is 278 g/mol. The molecule has 0 N–H and O–H groups in total. The Bertz CT molecular complexity index is 631. The van der Waals surface area contributed by atoms with E-state index in [9.17, 15) is 4.79 Å². The average molecular weight is 294 g/mol. The van der Waals surface area contributed by atoms with Crippen molar-refractivity contribution in [3.05, 3.63) is 46.8 Å². The van der Waals surface area contributed by atoms with Gasteiger partial charge in [-0.15, -0.1) is 0 Å². The molecule has 0 aliphatic heterocycles. The van der Waals surface area contributed by atoms with Gasteiger partial charge < -0.3 is 13.7 Å². The molecule has 0 saturated heterocycles. The van der Waals surface area contributed by atoms with E-state index in [2.05, 4.69) is 6.92 Å². The number of carbonyl (C=O) groups excluding carboxylic acids is 1. The highest BCUT2D eigenvalue weighted by atomic mass is 35.5. The SMILES string of the molecule is CC1CC1c1ccc(CN(C)C(=O)c2ccoc2Cl)o1. The molecule has 20 heavy (non-hydrogen) atoms. The van der Waals surface area contributed by atoms with Crippen LogP contribution in [-0.4, -0.2) is 17.9 Å². The third-order valence-electron chi connectivity index (χ3n) is 3.75. The van der Waals surface area contributed by atoms with Crippen LogP contribution in [0.25, 0.3) is 0 Å². The fourth-order valence-electron chi connectivity index (χ4n) is 2.35. The van der Waals surface area contributed by atoms with Gasteiger partial charge in [0, 0.05) is 13.0 Å². The second-order valence-electron chi connectivity index (χ2n) is 5.39. The van der Waals surface area contributed by atoms with E-state index in [0.717, 1.165) is 11.5 Å². The monoisotopic (exact) mass is 293 g/mol. The number of amides is 1. The number of carbonyl (C=O) groups is 1. The Morgan fingerprint density at radius 3 is 2.80 bits per heavy atom. The Morgan fingerprint density at radius 1 is 1.45 bits per heavy atom. The van der Waals surface area contributed by atoms with Crippen molar-refractivity contribution in [3.63, 3.8) is 0 Å². The van der Waals surface area contributed by atoms with Gasteiger partial charge in [0.15, 0.2) is 0 Å². The molecule has 2 aromatic heterocycles. The molecule has 1 aliphatic rings. The highest BCUT2D eigenvalue weighted by Crippen LogP contribution is 2.47. The van der Waals surface area contributed by atoms with Crippen LogP contribution in [0.4, 0.5) is 0 Å². The van der Waals surface area contributed by atoms with E-state index in [1.807, 2.05) is 12.1 Å². The van der Waals surface area contributed by atoms with Gasteiger partial charge in [0.2, 0.25) is 5.22 Å². The summed E-state index contributed by atoms with van der Waals surface area (Å²) in [5.41, 5.74) is 0.372. The second kappa shape index (κ2) is 5.02. The first-order valence-electron chi connectivity index (χ1n) is 6.63. The van der Waals surface area contributed by atoms with Gasteiger partial charge in [0.1, 0.15) is 11.5 Å². The summed E-state index contributed by atoms with van der Waals surface area (Å²) in [7, 11) is 1.72. The minimum atomic E-state index is -0.179. The van der Waals surface area contributed by atoms with Crippen LogP contribution in [-0.2, 0) is 6.54 Å². The molecule has 0 radical (unpaired) electrons. The van der Waals surface area contributed by atoms with E-state index in [1.54, 1.807) is 18.0 Å². The van der Waals surface area contributed by atoms with Gasteiger partial charge in [0.25, 0.3) is 5.91 Å². The highest BCUT2D eigenvalue weighted by Gasteiger charge is 2.36. The van der Waals surface area contributed by atoms with Crippen LogP contribution in [0.2, 0.25) is 5.22 Å². The Labute approximate surface area is 122 Å². The fraction of sp³-hybridized carbons (Fsp3) is 0.400. The summed E-state index contributed by atoms with van der Waals surface area (Å²) in [5.74, 6) is 2.89. The summed E-state index contributed by atoms with van der Waals surface area (Å²) in [6.07, 6.45) is 2.59. The molecule has 1 fully saturated rings. The van der Waals surface area contributed by atoms with Crippen LogP contribution in [0, 0.1) is 5.92 Å². The topological polar surface area (TPSA) is 46.6 Å². The van der Waals surface area contributed by atoms with Gasteiger partial charge in [0.05, 0.1) is 18.4 Å². The van der Waals surface area contributed by atoms with Crippen LogP contribution in [0.3, 0.4) is 0 Å². The maximum atomic E-state index is 12.2. The summed E-state index contributed by atoms with van der Waals surface area (Å²) in [6, 6.07) is 5.51. The third kappa shape index (κ3) is 2.48. The van der Waals surface area contributed by atoms with Crippen LogP contribution in [0.5, 0.6) is 0 Å². The Balaban J connectivity index is 1.66. The summed E-state index contributed by atoms with van der Waals surface area (Å²) >= 11 is 5.81. The average Bonchev–Trinajstić information content (AvgIpc) is 2.81. The van der Waals surface area contributed by atoms with Gasteiger partial charge in [-0.2, -0.15) is 0 Å². The number of nitrogens with zero attached hydrogens (tertiary/aromatic N) is 1. The largest absolute Gasteiger partial charge is 0.464 e. The van der Waals surface area contributed by atoms with Crippen molar-refractivity contribution in [2.24, 2.45) is 5.92 Å². The Kier molecular flexibility index (Phi) is 3.34. The quantitative estimate of drug-likeness (QED) is 0.858. The fourth-order valence-corrected chi connectivity index (χ4v) is 2.55. The molecule has 2 atom stereocenters. The zero-order valence-corrected chi connectivity index (χ0v) is 12.2. The van der Waals surface area contributed by atoms with Crippen LogP contribution >= 0.6 is 11.6 Å². The molecular formula is C15H16ClNO3. The smallest absolute Gasteiger partial charge is 0.258 e. The third-order valence-corrected chi connectivity index (χ3v) is 4.04. The second-order valence-corrected chi connectivity index (χ2v) is 5.74. The van der Waals surface area contributed by atoms with Crippen LogP contribution in [0.1, 0.15) is 41.1 Å². The van der Waals surface area contributed by atoms with Gasteiger partial charge >= 0.3 is 0 Å². The number of hydrogen-bond acceptors (Lipinski definition) is 3. The first kappa shape index (κ1) is 13.3. The standard InChI is InChI=1S/C15H16ClNO3/c1-9-7-12(9)13-4-3-10(20-13)8-17(2)15(18)11-5-6-19-14(11)16/h3-6,9,12H,7-8H2,1-2H3. The van der Waals surface area contributed by atoms with Gasteiger partial charge in [-0.1, -0.05) is 6.92 Å².